The third-order valence-electron chi connectivity index (χ3n) is 8.63. The van der Waals surface area contributed by atoms with Gasteiger partial charge in [-0.3, -0.25) is 0 Å². The van der Waals surface area contributed by atoms with Crippen LogP contribution in [0.25, 0.3) is 0 Å². The van der Waals surface area contributed by atoms with E-state index in [2.05, 4.69) is 69.8 Å². The van der Waals surface area contributed by atoms with Crippen LogP contribution in [0.4, 0.5) is 22.7 Å². The Balaban J connectivity index is 0.000000211. The van der Waals surface area contributed by atoms with Crippen molar-refractivity contribution in [2.75, 3.05) is 98.4 Å². The van der Waals surface area contributed by atoms with E-state index in [1.165, 1.54) is 33.9 Å². The number of anilines is 4. The summed E-state index contributed by atoms with van der Waals surface area (Å²) < 4.78 is 10.8. The highest BCUT2D eigenvalue weighted by molar-refractivity contribution is 5.90. The van der Waals surface area contributed by atoms with Crippen molar-refractivity contribution in [2.24, 2.45) is 11.5 Å². The van der Waals surface area contributed by atoms with Crippen LogP contribution >= 0.6 is 0 Å². The van der Waals surface area contributed by atoms with Gasteiger partial charge in [-0.2, -0.15) is 0 Å². The second-order valence-electron chi connectivity index (χ2n) is 13.2. The number of ether oxygens (including phenoxy) is 2. The van der Waals surface area contributed by atoms with E-state index in [-0.39, 0.29) is 12.1 Å². The first-order valence-electron chi connectivity index (χ1n) is 17.9. The molecule has 4 heterocycles. The average molecular weight is 755 g/mol. The van der Waals surface area contributed by atoms with Gasteiger partial charge in [-0.05, 0) is 62.1 Å². The standard InChI is InChI=1S/2C15H23N3O.2C4H4O4/c2*1-12(16)11-18-5-4-13-2-3-14(10-15(13)18)17-6-8-19-9-7-17;2*5-3(6)1-2-4(7)8/h2*2-3,10,12H,4-9,11,16H2,1H3;2*1-2H,(H,5,6)(H,7,8)/b;;2*2-1+/t2*12-;;/m00../s1. The minimum Gasteiger partial charge on any atom is -0.478 e. The summed E-state index contributed by atoms with van der Waals surface area (Å²) in [6.07, 6.45) is 4.52. The molecule has 0 aromatic heterocycles. The Morgan fingerprint density at radius 1 is 0.593 bits per heavy atom. The molecular formula is C38H54N6O10. The number of benzene rings is 2. The molecule has 0 saturated carbocycles. The molecule has 0 radical (unpaired) electrons. The Morgan fingerprint density at radius 2 is 0.907 bits per heavy atom. The number of nitrogens with zero attached hydrogens (tertiary/aromatic N) is 4. The lowest BCUT2D eigenvalue weighted by Crippen LogP contribution is -2.36. The van der Waals surface area contributed by atoms with Gasteiger partial charge in [-0.1, -0.05) is 12.1 Å². The molecule has 2 atom stereocenters. The number of hydrogen-bond donors (Lipinski definition) is 6. The lowest BCUT2D eigenvalue weighted by molar-refractivity contribution is -0.134. The Morgan fingerprint density at radius 3 is 1.19 bits per heavy atom. The number of aliphatic carboxylic acids is 4. The summed E-state index contributed by atoms with van der Waals surface area (Å²) >= 11 is 0. The number of fused-ring (bicyclic) bond motifs is 2. The summed E-state index contributed by atoms with van der Waals surface area (Å²) in [5.41, 5.74) is 20.2. The maximum absolute atomic E-state index is 9.55. The fourth-order valence-electron chi connectivity index (χ4n) is 6.26. The van der Waals surface area contributed by atoms with E-state index in [0.717, 1.165) is 91.6 Å². The number of carbonyl (C=O) groups is 4. The van der Waals surface area contributed by atoms with Crippen LogP contribution in [0.1, 0.15) is 25.0 Å². The zero-order valence-corrected chi connectivity index (χ0v) is 31.0. The molecule has 2 saturated heterocycles. The van der Waals surface area contributed by atoms with Gasteiger partial charge in [0.15, 0.2) is 0 Å². The maximum atomic E-state index is 9.55. The lowest BCUT2D eigenvalue weighted by atomic mass is 10.1. The smallest absolute Gasteiger partial charge is 0.328 e. The normalized spacial score (nSPS) is 17.3. The third kappa shape index (κ3) is 15.1. The molecule has 16 nitrogen and oxygen atoms in total. The molecule has 6 rings (SSSR count). The van der Waals surface area contributed by atoms with Gasteiger partial charge in [-0.25, -0.2) is 19.2 Å². The fraction of sp³-hybridized carbons (Fsp3) is 0.474. The van der Waals surface area contributed by atoms with Crippen molar-refractivity contribution in [3.8, 4) is 0 Å². The van der Waals surface area contributed by atoms with Crippen LogP contribution < -0.4 is 31.1 Å². The number of rotatable bonds is 10. The molecule has 0 unspecified atom stereocenters. The van der Waals surface area contributed by atoms with E-state index in [1.54, 1.807) is 0 Å². The molecule has 54 heavy (non-hydrogen) atoms. The highest BCUT2D eigenvalue weighted by Crippen LogP contribution is 2.33. The summed E-state index contributed by atoms with van der Waals surface area (Å²) in [5.74, 6) is -5.03. The second kappa shape index (κ2) is 22.1. The predicted molar refractivity (Wildman–Crippen MR) is 207 cm³/mol. The van der Waals surface area contributed by atoms with Crippen molar-refractivity contribution in [3.63, 3.8) is 0 Å². The molecule has 0 amide bonds. The second-order valence-corrected chi connectivity index (χ2v) is 13.2. The lowest BCUT2D eigenvalue weighted by Gasteiger charge is -2.30. The molecule has 0 bridgehead atoms. The first kappa shape index (κ1) is 43.2. The Labute approximate surface area is 315 Å². The van der Waals surface area contributed by atoms with Crippen LogP contribution in [0.2, 0.25) is 0 Å². The van der Waals surface area contributed by atoms with Crippen molar-refractivity contribution >= 4 is 46.6 Å². The molecular weight excluding hydrogens is 700 g/mol. The molecule has 0 aliphatic carbocycles. The van der Waals surface area contributed by atoms with Crippen molar-refractivity contribution in [3.05, 3.63) is 71.8 Å². The first-order valence-corrected chi connectivity index (χ1v) is 17.9. The van der Waals surface area contributed by atoms with Gasteiger partial charge in [0, 0.05) is 111 Å². The van der Waals surface area contributed by atoms with Gasteiger partial charge in [0.1, 0.15) is 0 Å². The fourth-order valence-corrected chi connectivity index (χ4v) is 6.26. The molecule has 0 spiro atoms. The summed E-state index contributed by atoms with van der Waals surface area (Å²) in [6, 6.07) is 14.2. The van der Waals surface area contributed by atoms with Gasteiger partial charge < -0.3 is 61.0 Å². The van der Waals surface area contributed by atoms with Crippen molar-refractivity contribution in [2.45, 2.75) is 38.8 Å². The Hall–Kier alpha value is -5.16. The number of carboxylic acid groups (broad SMARTS) is 4. The summed E-state index contributed by atoms with van der Waals surface area (Å²) in [4.78, 5) is 47.9. The van der Waals surface area contributed by atoms with Gasteiger partial charge >= 0.3 is 23.9 Å². The van der Waals surface area contributed by atoms with Gasteiger partial charge in [0.2, 0.25) is 0 Å². The predicted octanol–water partition coefficient (Wildman–Crippen LogP) is 1.89. The maximum Gasteiger partial charge on any atom is 0.328 e. The van der Waals surface area contributed by atoms with Crippen LogP contribution in [0, 0.1) is 0 Å². The molecule has 296 valence electrons. The molecule has 2 aromatic carbocycles. The monoisotopic (exact) mass is 754 g/mol. The van der Waals surface area contributed by atoms with Crippen LogP contribution in [0.15, 0.2) is 60.7 Å². The zero-order chi connectivity index (χ0) is 39.6. The van der Waals surface area contributed by atoms with Gasteiger partial charge in [0.25, 0.3) is 0 Å². The molecule has 16 heteroatoms. The summed E-state index contributed by atoms with van der Waals surface area (Å²) in [7, 11) is 0. The zero-order valence-electron chi connectivity index (χ0n) is 31.0. The highest BCUT2D eigenvalue weighted by Gasteiger charge is 2.23. The summed E-state index contributed by atoms with van der Waals surface area (Å²) in [6.45, 7) is 15.5. The van der Waals surface area contributed by atoms with Gasteiger partial charge in [0.05, 0.1) is 26.4 Å². The quantitative estimate of drug-likeness (QED) is 0.190. The number of hydrogen-bond acceptors (Lipinski definition) is 12. The van der Waals surface area contributed by atoms with E-state index in [9.17, 15) is 19.2 Å². The Bertz CT molecular complexity index is 1450. The third-order valence-corrected chi connectivity index (χ3v) is 8.63. The molecule has 4 aliphatic rings. The van der Waals surface area contributed by atoms with Gasteiger partial charge in [-0.15, -0.1) is 0 Å². The first-order chi connectivity index (χ1) is 25.7. The molecule has 2 aromatic rings. The number of nitrogens with two attached hydrogens (primary N) is 2. The van der Waals surface area contributed by atoms with E-state index in [0.29, 0.717) is 24.3 Å². The van der Waals surface area contributed by atoms with Crippen molar-refractivity contribution in [1.82, 2.24) is 0 Å². The number of morpholine rings is 2. The molecule has 8 N–H and O–H groups in total. The van der Waals surface area contributed by atoms with Crippen LogP contribution in [-0.2, 0) is 41.5 Å². The Kier molecular flexibility index (Phi) is 17.7. The largest absolute Gasteiger partial charge is 0.478 e. The molecule has 2 fully saturated rings. The van der Waals surface area contributed by atoms with E-state index < -0.39 is 23.9 Å². The van der Waals surface area contributed by atoms with Crippen LogP contribution in [0.3, 0.4) is 0 Å². The summed E-state index contributed by atoms with van der Waals surface area (Å²) in [5, 5.41) is 31.2. The highest BCUT2D eigenvalue weighted by atomic mass is 16.5. The van der Waals surface area contributed by atoms with Crippen LogP contribution in [0.5, 0.6) is 0 Å². The van der Waals surface area contributed by atoms with Crippen LogP contribution in [-0.4, -0.2) is 135 Å². The molecule has 4 aliphatic heterocycles. The number of carboxylic acids is 4. The van der Waals surface area contributed by atoms with E-state index in [4.69, 9.17) is 41.4 Å². The van der Waals surface area contributed by atoms with E-state index in [1.807, 2.05) is 0 Å². The van der Waals surface area contributed by atoms with Crippen molar-refractivity contribution in [1.29, 1.82) is 0 Å². The minimum atomic E-state index is -1.26. The minimum absolute atomic E-state index is 0.220. The van der Waals surface area contributed by atoms with E-state index >= 15 is 0 Å². The van der Waals surface area contributed by atoms with Crippen molar-refractivity contribution < 1.29 is 49.1 Å². The average Bonchev–Trinajstić information content (AvgIpc) is 3.73. The SMILES string of the molecule is C[C@H](N)CN1CCc2ccc(N3CCOCC3)cc21.C[C@H](N)CN1CCc2ccc(N3CCOCC3)cc21.O=C(O)/C=C/C(=O)O.O=C(O)/C=C/C(=O)O. The topological polar surface area (TPSA) is 233 Å².